The molecule has 3 fully saturated rings. The third-order valence-electron chi connectivity index (χ3n) is 5.63. The van der Waals surface area contributed by atoms with Gasteiger partial charge in [0.2, 0.25) is 0 Å². The van der Waals surface area contributed by atoms with Crippen LogP contribution in [0.1, 0.15) is 44.9 Å². The standard InChI is InChI=1S/C16H29N3O/c1-17-16(18-9-12-7-4-8-15(12)20)19-10-13-5-2-3-6-14(13)11-19/h12-15,20H,2-11H2,1H3,(H,17,18). The molecular weight excluding hydrogens is 250 g/mol. The van der Waals surface area contributed by atoms with Crippen LogP contribution in [0.25, 0.3) is 0 Å². The fraction of sp³-hybridized carbons (Fsp3) is 0.938. The Morgan fingerprint density at radius 2 is 1.80 bits per heavy atom. The van der Waals surface area contributed by atoms with Crippen LogP contribution in [0.4, 0.5) is 0 Å². The zero-order chi connectivity index (χ0) is 13.9. The van der Waals surface area contributed by atoms with Crippen LogP contribution in [0.2, 0.25) is 0 Å². The van der Waals surface area contributed by atoms with Crippen LogP contribution in [0.3, 0.4) is 0 Å². The van der Waals surface area contributed by atoms with E-state index in [1.165, 1.54) is 45.2 Å². The summed E-state index contributed by atoms with van der Waals surface area (Å²) in [5.41, 5.74) is 0. The molecule has 4 nitrogen and oxygen atoms in total. The smallest absolute Gasteiger partial charge is 0.193 e. The van der Waals surface area contributed by atoms with Gasteiger partial charge in [0.05, 0.1) is 6.10 Å². The van der Waals surface area contributed by atoms with Gasteiger partial charge in [-0.1, -0.05) is 19.3 Å². The van der Waals surface area contributed by atoms with E-state index in [4.69, 9.17) is 0 Å². The third-order valence-corrected chi connectivity index (χ3v) is 5.63. The number of aliphatic imine (C=N–C) groups is 1. The number of hydrogen-bond acceptors (Lipinski definition) is 2. The third kappa shape index (κ3) is 2.95. The first-order valence-corrected chi connectivity index (χ1v) is 8.41. The highest BCUT2D eigenvalue weighted by atomic mass is 16.3. The van der Waals surface area contributed by atoms with Gasteiger partial charge in [-0.2, -0.15) is 0 Å². The molecule has 4 heteroatoms. The minimum Gasteiger partial charge on any atom is -0.393 e. The first kappa shape index (κ1) is 14.2. The van der Waals surface area contributed by atoms with Crippen LogP contribution in [-0.2, 0) is 0 Å². The van der Waals surface area contributed by atoms with Crippen molar-refractivity contribution < 1.29 is 5.11 Å². The van der Waals surface area contributed by atoms with Crippen molar-refractivity contribution in [3.63, 3.8) is 0 Å². The summed E-state index contributed by atoms with van der Waals surface area (Å²) < 4.78 is 0. The Bertz CT molecular complexity index is 344. The lowest BCUT2D eigenvalue weighted by atomic mass is 9.82. The summed E-state index contributed by atoms with van der Waals surface area (Å²) in [6.07, 6.45) is 8.81. The van der Waals surface area contributed by atoms with Gasteiger partial charge in [0.25, 0.3) is 0 Å². The number of rotatable bonds is 2. The predicted octanol–water partition coefficient (Wildman–Crippen LogP) is 1.84. The second-order valence-electron chi connectivity index (χ2n) is 6.90. The van der Waals surface area contributed by atoms with Crippen LogP contribution >= 0.6 is 0 Å². The van der Waals surface area contributed by atoms with Gasteiger partial charge < -0.3 is 15.3 Å². The highest BCUT2D eigenvalue weighted by Gasteiger charge is 2.35. The summed E-state index contributed by atoms with van der Waals surface area (Å²) in [6, 6.07) is 0. The van der Waals surface area contributed by atoms with Gasteiger partial charge in [0, 0.05) is 32.6 Å². The van der Waals surface area contributed by atoms with Crippen molar-refractivity contribution >= 4 is 5.96 Å². The van der Waals surface area contributed by atoms with Gasteiger partial charge in [-0.15, -0.1) is 0 Å². The molecule has 4 unspecified atom stereocenters. The average Bonchev–Trinajstić information content (AvgIpc) is 3.06. The molecule has 3 aliphatic rings. The van der Waals surface area contributed by atoms with Crippen molar-refractivity contribution in [2.45, 2.75) is 51.0 Å². The topological polar surface area (TPSA) is 47.9 Å². The minimum absolute atomic E-state index is 0.109. The van der Waals surface area contributed by atoms with Crippen molar-refractivity contribution in [1.29, 1.82) is 0 Å². The molecule has 2 N–H and O–H groups in total. The molecule has 0 bridgehead atoms. The Hall–Kier alpha value is -0.770. The van der Waals surface area contributed by atoms with E-state index in [1.807, 2.05) is 7.05 Å². The molecule has 4 atom stereocenters. The van der Waals surface area contributed by atoms with Crippen molar-refractivity contribution in [3.05, 3.63) is 0 Å². The molecule has 0 radical (unpaired) electrons. The highest BCUT2D eigenvalue weighted by molar-refractivity contribution is 5.80. The van der Waals surface area contributed by atoms with Gasteiger partial charge >= 0.3 is 0 Å². The summed E-state index contributed by atoms with van der Waals surface area (Å²) in [5, 5.41) is 13.4. The van der Waals surface area contributed by atoms with Crippen molar-refractivity contribution in [2.24, 2.45) is 22.7 Å². The molecule has 0 aromatic heterocycles. The van der Waals surface area contributed by atoms with Gasteiger partial charge in [0.1, 0.15) is 0 Å². The number of aliphatic hydroxyl groups excluding tert-OH is 1. The number of fused-ring (bicyclic) bond motifs is 1. The number of nitrogens with zero attached hydrogens (tertiary/aromatic N) is 2. The summed E-state index contributed by atoms with van der Waals surface area (Å²) in [4.78, 5) is 6.91. The highest BCUT2D eigenvalue weighted by Crippen LogP contribution is 2.36. The Balaban J connectivity index is 1.52. The van der Waals surface area contributed by atoms with Crippen molar-refractivity contribution in [3.8, 4) is 0 Å². The van der Waals surface area contributed by atoms with E-state index < -0.39 is 0 Å². The lowest BCUT2D eigenvalue weighted by Crippen LogP contribution is -2.43. The second kappa shape index (κ2) is 6.33. The summed E-state index contributed by atoms with van der Waals surface area (Å²) in [5.74, 6) is 3.24. The van der Waals surface area contributed by atoms with E-state index in [-0.39, 0.29) is 6.10 Å². The molecule has 20 heavy (non-hydrogen) atoms. The minimum atomic E-state index is -0.109. The van der Waals surface area contributed by atoms with Gasteiger partial charge in [-0.25, -0.2) is 0 Å². The van der Waals surface area contributed by atoms with Gasteiger partial charge in [-0.05, 0) is 37.5 Å². The van der Waals surface area contributed by atoms with Gasteiger partial charge in [-0.3, -0.25) is 4.99 Å². The van der Waals surface area contributed by atoms with Crippen LogP contribution in [-0.4, -0.2) is 48.8 Å². The molecule has 0 amide bonds. The van der Waals surface area contributed by atoms with E-state index in [1.54, 1.807) is 0 Å². The molecule has 2 aliphatic carbocycles. The molecule has 0 aromatic rings. The zero-order valence-electron chi connectivity index (χ0n) is 12.7. The second-order valence-corrected chi connectivity index (χ2v) is 6.90. The average molecular weight is 279 g/mol. The van der Waals surface area contributed by atoms with Crippen LogP contribution in [0.5, 0.6) is 0 Å². The predicted molar refractivity (Wildman–Crippen MR) is 81.7 cm³/mol. The number of likely N-dealkylation sites (tertiary alicyclic amines) is 1. The first-order chi connectivity index (χ1) is 9.78. The Morgan fingerprint density at radius 3 is 2.35 bits per heavy atom. The summed E-state index contributed by atoms with van der Waals surface area (Å²) >= 11 is 0. The van der Waals surface area contributed by atoms with E-state index in [0.29, 0.717) is 5.92 Å². The van der Waals surface area contributed by atoms with Crippen molar-refractivity contribution in [1.82, 2.24) is 10.2 Å². The molecule has 114 valence electrons. The number of aliphatic hydroxyl groups is 1. The molecule has 3 rings (SSSR count). The Kier molecular flexibility index (Phi) is 4.49. The molecule has 1 heterocycles. The van der Waals surface area contributed by atoms with E-state index in [0.717, 1.165) is 37.2 Å². The van der Waals surface area contributed by atoms with Gasteiger partial charge in [0.15, 0.2) is 5.96 Å². The summed E-state index contributed by atoms with van der Waals surface area (Å²) in [6.45, 7) is 3.23. The maximum absolute atomic E-state index is 9.91. The van der Waals surface area contributed by atoms with Crippen LogP contribution in [0, 0.1) is 17.8 Å². The van der Waals surface area contributed by atoms with E-state index in [9.17, 15) is 5.11 Å². The Labute approximate surface area is 122 Å². The Morgan fingerprint density at radius 1 is 1.10 bits per heavy atom. The van der Waals surface area contributed by atoms with Crippen LogP contribution < -0.4 is 5.32 Å². The van der Waals surface area contributed by atoms with Crippen molar-refractivity contribution in [2.75, 3.05) is 26.7 Å². The molecule has 1 saturated heterocycles. The fourth-order valence-electron chi connectivity index (χ4n) is 4.39. The normalized spacial score (nSPS) is 38.1. The number of hydrogen-bond donors (Lipinski definition) is 2. The quantitative estimate of drug-likeness (QED) is 0.599. The molecule has 2 saturated carbocycles. The van der Waals surface area contributed by atoms with Crippen LogP contribution in [0.15, 0.2) is 4.99 Å². The SMILES string of the molecule is CN=C(NCC1CCCC1O)N1CC2CCCCC2C1. The maximum Gasteiger partial charge on any atom is 0.193 e. The molecule has 1 aliphatic heterocycles. The lowest BCUT2D eigenvalue weighted by Gasteiger charge is -2.24. The maximum atomic E-state index is 9.91. The monoisotopic (exact) mass is 279 g/mol. The summed E-state index contributed by atoms with van der Waals surface area (Å²) in [7, 11) is 1.88. The lowest BCUT2D eigenvalue weighted by molar-refractivity contribution is 0.134. The number of nitrogens with one attached hydrogen (secondary N) is 1. The molecule has 0 aromatic carbocycles. The zero-order valence-corrected chi connectivity index (χ0v) is 12.7. The molecular formula is C16H29N3O. The van der Waals surface area contributed by atoms with E-state index >= 15 is 0 Å². The number of guanidine groups is 1. The van der Waals surface area contributed by atoms with E-state index in [2.05, 4.69) is 15.2 Å². The molecule has 0 spiro atoms. The first-order valence-electron chi connectivity index (χ1n) is 8.41. The fourth-order valence-corrected chi connectivity index (χ4v) is 4.39. The largest absolute Gasteiger partial charge is 0.393 e.